The van der Waals surface area contributed by atoms with Crippen LogP contribution in [0.25, 0.3) is 0 Å². The minimum absolute atomic E-state index is 0.308. The molecular weight excluding hydrogens is 230 g/mol. The van der Waals surface area contributed by atoms with Gasteiger partial charge in [0, 0.05) is 0 Å². The average Bonchev–Trinajstić information content (AvgIpc) is 2.17. The second-order valence-corrected chi connectivity index (χ2v) is 3.69. The Kier molecular flexibility index (Phi) is 4.22. The lowest BCUT2D eigenvalue weighted by atomic mass is 10.2. The Morgan fingerprint density at radius 2 is 2.08 bits per heavy atom. The van der Waals surface area contributed by atoms with Crippen LogP contribution in [0.4, 0.5) is 0 Å². The molecule has 0 aliphatic carbocycles. The SMILES string of the molecule is CCC(CC)Oc1ccc(Br)nc1. The second kappa shape index (κ2) is 5.22. The van der Waals surface area contributed by atoms with Gasteiger partial charge in [-0.05, 0) is 40.9 Å². The number of hydrogen-bond donors (Lipinski definition) is 0. The summed E-state index contributed by atoms with van der Waals surface area (Å²) in [5, 5.41) is 0. The highest BCUT2D eigenvalue weighted by atomic mass is 79.9. The maximum Gasteiger partial charge on any atom is 0.138 e. The molecule has 0 saturated carbocycles. The zero-order chi connectivity index (χ0) is 9.68. The Balaban J connectivity index is 2.58. The van der Waals surface area contributed by atoms with Gasteiger partial charge in [0.2, 0.25) is 0 Å². The fraction of sp³-hybridized carbons (Fsp3) is 0.500. The van der Waals surface area contributed by atoms with Gasteiger partial charge in [-0.25, -0.2) is 4.98 Å². The van der Waals surface area contributed by atoms with Crippen LogP contribution >= 0.6 is 15.9 Å². The highest BCUT2D eigenvalue weighted by Gasteiger charge is 2.04. The number of rotatable bonds is 4. The lowest BCUT2D eigenvalue weighted by Gasteiger charge is -2.14. The van der Waals surface area contributed by atoms with Gasteiger partial charge in [0.25, 0.3) is 0 Å². The first-order chi connectivity index (χ1) is 6.26. The predicted octanol–water partition coefficient (Wildman–Crippen LogP) is 3.41. The average molecular weight is 244 g/mol. The van der Waals surface area contributed by atoms with E-state index in [2.05, 4.69) is 34.8 Å². The normalized spacial score (nSPS) is 10.5. The quantitative estimate of drug-likeness (QED) is 0.757. The Morgan fingerprint density at radius 3 is 2.54 bits per heavy atom. The molecule has 0 radical (unpaired) electrons. The molecule has 1 aromatic heterocycles. The molecule has 0 aliphatic rings. The van der Waals surface area contributed by atoms with Gasteiger partial charge in [0.1, 0.15) is 10.4 Å². The first-order valence-electron chi connectivity index (χ1n) is 4.54. The first kappa shape index (κ1) is 10.5. The lowest BCUT2D eigenvalue weighted by molar-refractivity contribution is 0.192. The highest BCUT2D eigenvalue weighted by Crippen LogP contribution is 2.16. The summed E-state index contributed by atoms with van der Waals surface area (Å²) in [6.07, 6.45) is 4.12. The molecule has 1 aromatic rings. The Bertz CT molecular complexity index is 244. The monoisotopic (exact) mass is 243 g/mol. The van der Waals surface area contributed by atoms with Crippen molar-refractivity contribution in [3.63, 3.8) is 0 Å². The summed E-state index contributed by atoms with van der Waals surface area (Å²) < 4.78 is 6.52. The van der Waals surface area contributed by atoms with E-state index in [9.17, 15) is 0 Å². The van der Waals surface area contributed by atoms with Crippen molar-refractivity contribution in [3.05, 3.63) is 22.9 Å². The van der Waals surface area contributed by atoms with Crippen molar-refractivity contribution in [2.45, 2.75) is 32.8 Å². The summed E-state index contributed by atoms with van der Waals surface area (Å²) in [5.74, 6) is 0.844. The fourth-order valence-electron chi connectivity index (χ4n) is 1.08. The highest BCUT2D eigenvalue weighted by molar-refractivity contribution is 9.10. The van der Waals surface area contributed by atoms with Crippen molar-refractivity contribution in [1.29, 1.82) is 0 Å². The molecule has 0 fully saturated rings. The van der Waals surface area contributed by atoms with E-state index in [0.717, 1.165) is 23.2 Å². The van der Waals surface area contributed by atoms with E-state index in [4.69, 9.17) is 4.74 Å². The molecule has 13 heavy (non-hydrogen) atoms. The van der Waals surface area contributed by atoms with Crippen LogP contribution in [0.3, 0.4) is 0 Å². The van der Waals surface area contributed by atoms with Gasteiger partial charge in [0.05, 0.1) is 12.3 Å². The van der Waals surface area contributed by atoms with Gasteiger partial charge in [-0.15, -0.1) is 0 Å². The molecule has 0 spiro atoms. The molecule has 3 heteroatoms. The van der Waals surface area contributed by atoms with Gasteiger partial charge in [-0.3, -0.25) is 0 Å². The van der Waals surface area contributed by atoms with Gasteiger partial charge >= 0.3 is 0 Å². The maximum atomic E-state index is 5.68. The molecule has 0 atom stereocenters. The summed E-state index contributed by atoms with van der Waals surface area (Å²) in [6, 6.07) is 3.81. The second-order valence-electron chi connectivity index (χ2n) is 2.87. The number of nitrogens with zero attached hydrogens (tertiary/aromatic N) is 1. The third-order valence-corrected chi connectivity index (χ3v) is 2.38. The van der Waals surface area contributed by atoms with E-state index in [1.807, 2.05) is 12.1 Å². The number of ether oxygens (including phenoxy) is 1. The van der Waals surface area contributed by atoms with Crippen LogP contribution in [0.1, 0.15) is 26.7 Å². The minimum Gasteiger partial charge on any atom is -0.489 e. The van der Waals surface area contributed by atoms with Crippen LogP contribution in [0.2, 0.25) is 0 Å². The third kappa shape index (κ3) is 3.35. The molecule has 0 N–H and O–H groups in total. The van der Waals surface area contributed by atoms with Crippen molar-refractivity contribution < 1.29 is 4.74 Å². The van der Waals surface area contributed by atoms with Crippen LogP contribution in [-0.2, 0) is 0 Å². The number of hydrogen-bond acceptors (Lipinski definition) is 2. The largest absolute Gasteiger partial charge is 0.489 e. The van der Waals surface area contributed by atoms with Crippen LogP contribution in [0.5, 0.6) is 5.75 Å². The molecule has 72 valence electrons. The first-order valence-corrected chi connectivity index (χ1v) is 5.33. The smallest absolute Gasteiger partial charge is 0.138 e. The van der Waals surface area contributed by atoms with Crippen molar-refractivity contribution >= 4 is 15.9 Å². The Morgan fingerprint density at radius 1 is 1.38 bits per heavy atom. The summed E-state index contributed by atoms with van der Waals surface area (Å²) in [7, 11) is 0. The van der Waals surface area contributed by atoms with Crippen LogP contribution in [0, 0.1) is 0 Å². The molecule has 0 aliphatic heterocycles. The van der Waals surface area contributed by atoms with Gasteiger partial charge in [0.15, 0.2) is 0 Å². The van der Waals surface area contributed by atoms with Crippen LogP contribution in [0.15, 0.2) is 22.9 Å². The van der Waals surface area contributed by atoms with E-state index in [0.29, 0.717) is 6.10 Å². The predicted molar refractivity (Wildman–Crippen MR) is 56.9 cm³/mol. The van der Waals surface area contributed by atoms with Crippen molar-refractivity contribution in [3.8, 4) is 5.75 Å². The van der Waals surface area contributed by atoms with E-state index in [-0.39, 0.29) is 0 Å². The van der Waals surface area contributed by atoms with Gasteiger partial charge in [-0.2, -0.15) is 0 Å². The topological polar surface area (TPSA) is 22.1 Å². The van der Waals surface area contributed by atoms with E-state index in [1.165, 1.54) is 0 Å². The Labute approximate surface area is 87.5 Å². The number of halogens is 1. The maximum absolute atomic E-state index is 5.68. The molecule has 1 heterocycles. The van der Waals surface area contributed by atoms with E-state index in [1.54, 1.807) is 6.20 Å². The van der Waals surface area contributed by atoms with Gasteiger partial charge < -0.3 is 4.74 Å². The molecule has 0 aromatic carbocycles. The number of aromatic nitrogens is 1. The standard InChI is InChI=1S/C10H14BrNO/c1-3-8(4-2)13-9-5-6-10(11)12-7-9/h5-8H,3-4H2,1-2H3. The van der Waals surface area contributed by atoms with E-state index < -0.39 is 0 Å². The van der Waals surface area contributed by atoms with Crippen molar-refractivity contribution in [1.82, 2.24) is 4.98 Å². The lowest BCUT2D eigenvalue weighted by Crippen LogP contribution is -2.13. The molecule has 0 unspecified atom stereocenters. The summed E-state index contributed by atoms with van der Waals surface area (Å²) in [4.78, 5) is 4.09. The molecule has 1 rings (SSSR count). The van der Waals surface area contributed by atoms with Crippen LogP contribution < -0.4 is 4.74 Å². The van der Waals surface area contributed by atoms with Crippen LogP contribution in [-0.4, -0.2) is 11.1 Å². The zero-order valence-corrected chi connectivity index (χ0v) is 9.54. The molecular formula is C10H14BrNO. The number of pyridine rings is 1. The molecule has 0 saturated heterocycles. The fourth-order valence-corrected chi connectivity index (χ4v) is 1.31. The molecule has 0 amide bonds. The summed E-state index contributed by atoms with van der Waals surface area (Å²) in [5.41, 5.74) is 0. The van der Waals surface area contributed by atoms with Gasteiger partial charge in [-0.1, -0.05) is 13.8 Å². The van der Waals surface area contributed by atoms with Crippen molar-refractivity contribution in [2.24, 2.45) is 0 Å². The molecule has 2 nitrogen and oxygen atoms in total. The summed E-state index contributed by atoms with van der Waals surface area (Å²) >= 11 is 3.28. The zero-order valence-electron chi connectivity index (χ0n) is 7.96. The summed E-state index contributed by atoms with van der Waals surface area (Å²) in [6.45, 7) is 4.25. The minimum atomic E-state index is 0.308. The van der Waals surface area contributed by atoms with Crippen molar-refractivity contribution in [2.75, 3.05) is 0 Å². The van der Waals surface area contributed by atoms with E-state index >= 15 is 0 Å². The third-order valence-electron chi connectivity index (χ3n) is 1.91. The Hall–Kier alpha value is -0.570. The molecule has 0 bridgehead atoms.